The fourth-order valence-electron chi connectivity index (χ4n) is 6.65. The van der Waals surface area contributed by atoms with Gasteiger partial charge in [0.1, 0.15) is 0 Å². The maximum Gasteiger partial charge on any atom is 4.00 e. The third-order valence-corrected chi connectivity index (χ3v) is 9.24. The Balaban J connectivity index is 0.00000264. The van der Waals surface area contributed by atoms with Crippen LogP contribution in [0.4, 0.5) is 0 Å². The van der Waals surface area contributed by atoms with E-state index in [0.29, 0.717) is 11.8 Å². The normalized spacial score (nSPS) is 29.6. The second-order valence-electron chi connectivity index (χ2n) is 11.7. The molecule has 8 bridgehead atoms. The van der Waals surface area contributed by atoms with E-state index in [1.807, 2.05) is 50.3 Å². The van der Waals surface area contributed by atoms with E-state index in [4.69, 9.17) is 20.6 Å². The molecule has 6 atom stereocenters. The molecule has 3 aliphatic heterocycles. The van der Waals surface area contributed by atoms with Crippen LogP contribution in [0.1, 0.15) is 68.2 Å². The largest absolute Gasteiger partial charge is 4.00 e. The molecule has 2 fully saturated rings. The smallest absolute Gasteiger partial charge is 0.682 e. The number of carboxylic acids is 2. The Labute approximate surface area is 264 Å². The first-order valence-electron chi connectivity index (χ1n) is 14.5. The molecule has 0 aliphatic carbocycles. The molecule has 2 saturated heterocycles. The zero-order chi connectivity index (χ0) is 30.3. The number of carboxylic acid groups (broad SMARTS) is 2. The minimum atomic E-state index is -1.13. The van der Waals surface area contributed by atoms with Crippen molar-refractivity contribution in [2.75, 3.05) is 0 Å². The van der Waals surface area contributed by atoms with Gasteiger partial charge in [0, 0.05) is 11.9 Å². The molecule has 9 heteroatoms. The van der Waals surface area contributed by atoms with Crippen molar-refractivity contribution in [3.63, 3.8) is 0 Å². The quantitative estimate of drug-likeness (QED) is 0.328. The summed E-state index contributed by atoms with van der Waals surface area (Å²) in [5.41, 5.74) is 7.01. The van der Waals surface area contributed by atoms with E-state index in [1.165, 1.54) is 0 Å². The molecular formula is C34H37FeN4O4-. The van der Waals surface area contributed by atoms with Crippen molar-refractivity contribution in [3.8, 4) is 0 Å². The van der Waals surface area contributed by atoms with Crippen molar-refractivity contribution < 1.29 is 38.3 Å². The predicted molar refractivity (Wildman–Crippen MR) is 162 cm³/mol. The van der Waals surface area contributed by atoms with Gasteiger partial charge in [-0.1, -0.05) is 73.5 Å². The van der Waals surface area contributed by atoms with Crippen molar-refractivity contribution in [1.29, 1.82) is 0 Å². The summed E-state index contributed by atoms with van der Waals surface area (Å²) in [5.74, 6) is -2.22. The average molecular weight is 622 g/mol. The number of allylic oxidation sites excluding steroid dienone is 2. The zero-order valence-electron chi connectivity index (χ0n) is 25.9. The first-order valence-corrected chi connectivity index (χ1v) is 14.5. The summed E-state index contributed by atoms with van der Waals surface area (Å²) in [4.78, 5) is 32.8. The van der Waals surface area contributed by atoms with Crippen molar-refractivity contribution >= 4 is 42.3 Å². The Morgan fingerprint density at radius 1 is 0.884 bits per heavy atom. The maximum absolute atomic E-state index is 11.4. The monoisotopic (exact) mass is 621 g/mol. The molecule has 6 unspecified atom stereocenters. The van der Waals surface area contributed by atoms with Crippen LogP contribution in [0.15, 0.2) is 30.6 Å². The van der Waals surface area contributed by atoms with E-state index in [2.05, 4.69) is 27.0 Å². The number of hydrogen-bond donors (Lipinski definition) is 0. The van der Waals surface area contributed by atoms with E-state index in [0.717, 1.165) is 50.4 Å². The van der Waals surface area contributed by atoms with Gasteiger partial charge in [-0.2, -0.15) is 11.4 Å². The van der Waals surface area contributed by atoms with Crippen LogP contribution in [0.2, 0.25) is 0 Å². The van der Waals surface area contributed by atoms with Crippen LogP contribution >= 0.6 is 0 Å². The Morgan fingerprint density at radius 3 is 2.16 bits per heavy atom. The summed E-state index contributed by atoms with van der Waals surface area (Å²) in [6.45, 7) is 16.3. The van der Waals surface area contributed by atoms with E-state index >= 15 is 0 Å². The number of nitrogens with zero attached hydrogens (tertiary/aromatic N) is 4. The number of fused-ring (bicyclic) bond motifs is 8. The molecule has 0 saturated carbocycles. The minimum Gasteiger partial charge on any atom is -0.682 e. The van der Waals surface area contributed by atoms with Crippen molar-refractivity contribution in [2.24, 2.45) is 23.7 Å². The molecule has 0 amide bonds. The van der Waals surface area contributed by atoms with Crippen LogP contribution in [0.25, 0.3) is 41.0 Å². The van der Waals surface area contributed by atoms with Crippen LogP contribution in [0.5, 0.6) is 0 Å². The van der Waals surface area contributed by atoms with Gasteiger partial charge in [-0.05, 0) is 68.8 Å². The average Bonchev–Trinajstić information content (AvgIpc) is 3.59. The van der Waals surface area contributed by atoms with Gasteiger partial charge in [0.25, 0.3) is 0 Å². The summed E-state index contributed by atoms with van der Waals surface area (Å²) < 4.78 is 0. The fraction of sp³-hybridized carbons (Fsp3) is 0.412. The molecule has 0 aromatic carbocycles. The SMILES string of the molecule is C=Cc1c2[n-]c(c1C)/C=C1\[N-]C(/C=c3\[n-]/c(c(C)c3CCC(=O)[O-])=C\C3[N-]/C(=C\2)C(C)C3C=C)C(CCC(=O)[O-])C1C.[Fe+4].[H+]. The molecule has 2 aromatic heterocycles. The molecule has 5 heterocycles. The number of carbonyl (C=O) groups is 2. The number of aliphatic carboxylic acids is 2. The Bertz CT molecular complexity index is 1630. The molecule has 2 aromatic rings. The standard InChI is InChI=1S/C34H38N4O4.Fe/c1-7-21-17(3)25-13-26-19(5)23(9-11-33(39)40)31(37-26)16-32-24(10-12-34(41)42)20(6)28(38-32)15-30-22(8-2)18(4)27(36-30)14-29(21)35-25;/h7-8,13-16,18-19,22-23,30-31H,1-2,9-12H2,3-6H3,(H,39,40)(H,41,42);/q-4;+4/p-1/b26-13-,27-14-,28-15-,32-16-;. The number of rotatable bonds is 8. The summed E-state index contributed by atoms with van der Waals surface area (Å²) in [5, 5.41) is 34.4. The van der Waals surface area contributed by atoms with Gasteiger partial charge in [-0.15, -0.1) is 40.8 Å². The molecule has 0 spiro atoms. The summed E-state index contributed by atoms with van der Waals surface area (Å²) in [7, 11) is 0. The molecule has 3 aliphatic rings. The third-order valence-electron chi connectivity index (χ3n) is 9.24. The van der Waals surface area contributed by atoms with Gasteiger partial charge in [0.15, 0.2) is 0 Å². The molecule has 0 N–H and O–H groups in total. The fourth-order valence-corrected chi connectivity index (χ4v) is 6.65. The summed E-state index contributed by atoms with van der Waals surface area (Å²) >= 11 is 0. The third kappa shape index (κ3) is 6.20. The van der Waals surface area contributed by atoms with Gasteiger partial charge < -0.3 is 40.4 Å². The van der Waals surface area contributed by atoms with Gasteiger partial charge in [-0.25, -0.2) is 0 Å². The Hall–Kier alpha value is -3.68. The van der Waals surface area contributed by atoms with Gasteiger partial charge in [0.2, 0.25) is 0 Å². The van der Waals surface area contributed by atoms with Crippen molar-refractivity contribution in [2.45, 2.75) is 65.5 Å². The van der Waals surface area contributed by atoms with Gasteiger partial charge >= 0.3 is 18.5 Å². The maximum atomic E-state index is 11.4. The van der Waals surface area contributed by atoms with Crippen LogP contribution in [0.3, 0.4) is 0 Å². The second kappa shape index (κ2) is 12.9. The van der Waals surface area contributed by atoms with Gasteiger partial charge in [-0.3, -0.25) is 0 Å². The first-order chi connectivity index (χ1) is 20.0. The molecule has 5 rings (SSSR count). The minimum absolute atomic E-state index is 0. The Kier molecular flexibility index (Phi) is 9.67. The Morgan fingerprint density at radius 2 is 1.51 bits per heavy atom. The predicted octanol–water partition coefficient (Wildman–Crippen LogP) is 2.34. The van der Waals surface area contributed by atoms with Crippen molar-refractivity contribution in [1.82, 2.24) is 9.97 Å². The van der Waals surface area contributed by atoms with Gasteiger partial charge in [0.05, 0.1) is 0 Å². The van der Waals surface area contributed by atoms with Crippen molar-refractivity contribution in [3.05, 3.63) is 85.6 Å². The van der Waals surface area contributed by atoms with Crippen LogP contribution in [0, 0.1) is 37.5 Å². The molecular weight excluding hydrogens is 584 g/mol. The van der Waals surface area contributed by atoms with Crippen LogP contribution in [-0.4, -0.2) is 24.0 Å². The zero-order valence-corrected chi connectivity index (χ0v) is 26.1. The molecule has 43 heavy (non-hydrogen) atoms. The number of hydrogen-bond acceptors (Lipinski definition) is 4. The number of carbonyl (C=O) groups excluding carboxylic acids is 2. The second-order valence-corrected chi connectivity index (χ2v) is 11.7. The van der Waals surface area contributed by atoms with E-state index in [1.54, 1.807) is 0 Å². The molecule has 0 radical (unpaired) electrons. The van der Waals surface area contributed by atoms with E-state index in [-0.39, 0.29) is 73.5 Å². The topological polar surface area (TPSA) is 137 Å². The molecule has 8 nitrogen and oxygen atoms in total. The van der Waals surface area contributed by atoms with E-state index < -0.39 is 11.9 Å². The van der Waals surface area contributed by atoms with Crippen LogP contribution < -0.4 is 30.9 Å². The molecule has 226 valence electrons. The first kappa shape index (κ1) is 32.2. The summed E-state index contributed by atoms with van der Waals surface area (Å²) in [6, 6.07) is -0.548. The van der Waals surface area contributed by atoms with Crippen LogP contribution in [-0.2, 0) is 33.1 Å². The number of aromatic nitrogens is 2. The summed E-state index contributed by atoms with van der Waals surface area (Å²) in [6.07, 6.45) is 12.2. The van der Waals surface area contributed by atoms with E-state index in [9.17, 15) is 19.8 Å².